The first-order valence-electron chi connectivity index (χ1n) is 6.18. The van der Waals surface area contributed by atoms with Crippen molar-refractivity contribution in [2.75, 3.05) is 27.2 Å². The molecule has 0 aliphatic carbocycles. The Morgan fingerprint density at radius 2 is 2.50 bits per heavy atom. The van der Waals surface area contributed by atoms with E-state index in [4.69, 9.17) is 4.74 Å². The maximum absolute atomic E-state index is 12.2. The van der Waals surface area contributed by atoms with Crippen LogP contribution >= 0.6 is 0 Å². The van der Waals surface area contributed by atoms with E-state index in [2.05, 4.69) is 10.4 Å². The molecule has 1 saturated heterocycles. The molecule has 1 atom stereocenters. The van der Waals surface area contributed by atoms with Gasteiger partial charge in [-0.1, -0.05) is 0 Å². The van der Waals surface area contributed by atoms with Crippen LogP contribution in [0.1, 0.15) is 23.3 Å². The third-order valence-electron chi connectivity index (χ3n) is 3.27. The third kappa shape index (κ3) is 2.64. The van der Waals surface area contributed by atoms with Gasteiger partial charge in [-0.25, -0.2) is 4.68 Å². The van der Waals surface area contributed by atoms with Crippen LogP contribution in [0.3, 0.4) is 0 Å². The number of rotatable bonds is 4. The molecule has 100 valence electrons. The van der Waals surface area contributed by atoms with Crippen LogP contribution < -0.4 is 10.1 Å². The summed E-state index contributed by atoms with van der Waals surface area (Å²) in [4.78, 5) is 13.9. The molecule has 6 heteroatoms. The van der Waals surface area contributed by atoms with Crippen LogP contribution in [0.5, 0.6) is 5.88 Å². The van der Waals surface area contributed by atoms with Crippen LogP contribution in [-0.2, 0) is 7.05 Å². The highest BCUT2D eigenvalue weighted by Gasteiger charge is 2.22. The van der Waals surface area contributed by atoms with Crippen LogP contribution in [0.4, 0.5) is 0 Å². The minimum absolute atomic E-state index is 0.0670. The van der Waals surface area contributed by atoms with Crippen molar-refractivity contribution >= 4 is 5.91 Å². The summed E-state index contributed by atoms with van der Waals surface area (Å²) in [6.07, 6.45) is 2.31. The van der Waals surface area contributed by atoms with Crippen molar-refractivity contribution in [1.82, 2.24) is 20.0 Å². The molecule has 2 rings (SSSR count). The zero-order valence-electron chi connectivity index (χ0n) is 11.1. The van der Waals surface area contributed by atoms with Gasteiger partial charge in [0.1, 0.15) is 0 Å². The zero-order valence-corrected chi connectivity index (χ0v) is 11.1. The summed E-state index contributed by atoms with van der Waals surface area (Å²) in [5.41, 5.74) is 0.426. The largest absolute Gasteiger partial charge is 0.481 e. The van der Waals surface area contributed by atoms with Crippen molar-refractivity contribution in [2.24, 2.45) is 7.05 Å². The molecular weight excluding hydrogens is 232 g/mol. The molecule has 1 fully saturated rings. The van der Waals surface area contributed by atoms with E-state index in [1.165, 1.54) is 6.42 Å². The van der Waals surface area contributed by atoms with Crippen LogP contribution in [-0.4, -0.2) is 53.9 Å². The third-order valence-corrected chi connectivity index (χ3v) is 3.27. The highest BCUT2D eigenvalue weighted by molar-refractivity contribution is 5.92. The molecule has 0 saturated carbocycles. The van der Waals surface area contributed by atoms with Gasteiger partial charge < -0.3 is 15.0 Å². The van der Waals surface area contributed by atoms with Crippen LogP contribution in [0.25, 0.3) is 0 Å². The van der Waals surface area contributed by atoms with E-state index in [0.29, 0.717) is 17.6 Å². The smallest absolute Gasteiger partial charge is 0.274 e. The summed E-state index contributed by atoms with van der Waals surface area (Å²) in [6.45, 7) is 1.77. The van der Waals surface area contributed by atoms with Gasteiger partial charge >= 0.3 is 0 Å². The van der Waals surface area contributed by atoms with Gasteiger partial charge in [-0.15, -0.1) is 0 Å². The first-order valence-corrected chi connectivity index (χ1v) is 6.18. The van der Waals surface area contributed by atoms with Gasteiger partial charge in [0.15, 0.2) is 5.69 Å². The van der Waals surface area contributed by atoms with E-state index in [0.717, 1.165) is 19.5 Å². The molecule has 1 aliphatic heterocycles. The quantitative estimate of drug-likeness (QED) is 0.834. The number of nitrogens with one attached hydrogen (secondary N) is 1. The second-order valence-electron chi connectivity index (χ2n) is 4.67. The Morgan fingerprint density at radius 3 is 3.06 bits per heavy atom. The number of hydrogen-bond acceptors (Lipinski definition) is 4. The first-order chi connectivity index (χ1) is 8.61. The van der Waals surface area contributed by atoms with E-state index < -0.39 is 0 Å². The fourth-order valence-electron chi connectivity index (χ4n) is 2.27. The number of aromatic nitrogens is 2. The molecule has 18 heavy (non-hydrogen) atoms. The predicted octanol–water partition coefficient (Wildman–Crippen LogP) is 0.253. The van der Waals surface area contributed by atoms with Gasteiger partial charge in [0.05, 0.1) is 7.11 Å². The van der Waals surface area contributed by atoms with Crippen molar-refractivity contribution in [2.45, 2.75) is 18.9 Å². The summed E-state index contributed by atoms with van der Waals surface area (Å²) in [5.74, 6) is 0.522. The Balaban J connectivity index is 2.00. The maximum Gasteiger partial charge on any atom is 0.274 e. The molecule has 0 bridgehead atoms. The molecule has 1 amide bonds. The Hall–Kier alpha value is -1.56. The number of carbonyl (C=O) groups excluding carboxylic acids is 1. The number of nitrogens with zero attached hydrogens (tertiary/aromatic N) is 3. The van der Waals surface area contributed by atoms with Crippen LogP contribution in [0.15, 0.2) is 6.07 Å². The molecule has 6 nitrogen and oxygen atoms in total. The Labute approximate surface area is 107 Å². The SMILES string of the molecule is COc1cc(C(=O)N(C)CC2CCCN2)nn1C. The average molecular weight is 252 g/mol. The first kappa shape index (κ1) is 12.9. The lowest BCUT2D eigenvalue weighted by Crippen LogP contribution is -2.38. The Kier molecular flexibility index (Phi) is 3.86. The molecule has 0 aromatic carbocycles. The van der Waals surface area contributed by atoms with Gasteiger partial charge in [-0.05, 0) is 19.4 Å². The van der Waals surface area contributed by atoms with Gasteiger partial charge in [0.25, 0.3) is 5.91 Å². The standard InChI is InChI=1S/C12H20N4O2/c1-15(8-9-5-4-6-13-9)12(17)10-7-11(18-3)16(2)14-10/h7,9,13H,4-6,8H2,1-3H3. The summed E-state index contributed by atoms with van der Waals surface area (Å²) < 4.78 is 6.67. The minimum Gasteiger partial charge on any atom is -0.481 e. The average Bonchev–Trinajstić information content (AvgIpc) is 2.97. The lowest BCUT2D eigenvalue weighted by molar-refractivity contribution is 0.0777. The number of likely N-dealkylation sites (N-methyl/N-ethyl adjacent to an activating group) is 1. The maximum atomic E-state index is 12.2. The fourth-order valence-corrected chi connectivity index (χ4v) is 2.27. The highest BCUT2D eigenvalue weighted by atomic mass is 16.5. The number of hydrogen-bond donors (Lipinski definition) is 1. The van der Waals surface area contributed by atoms with E-state index >= 15 is 0 Å². The van der Waals surface area contributed by atoms with Crippen molar-refractivity contribution < 1.29 is 9.53 Å². The molecule has 0 spiro atoms. The lowest BCUT2D eigenvalue weighted by atomic mass is 10.2. The van der Waals surface area contributed by atoms with Gasteiger partial charge in [0.2, 0.25) is 5.88 Å². The topological polar surface area (TPSA) is 59.4 Å². The second-order valence-corrected chi connectivity index (χ2v) is 4.67. The highest BCUT2D eigenvalue weighted by Crippen LogP contribution is 2.13. The number of methoxy groups -OCH3 is 1. The summed E-state index contributed by atoms with van der Waals surface area (Å²) in [6, 6.07) is 2.07. The summed E-state index contributed by atoms with van der Waals surface area (Å²) in [5, 5.41) is 7.53. The number of ether oxygens (including phenoxy) is 1. The normalized spacial score (nSPS) is 18.9. The molecule has 1 aliphatic rings. The van der Waals surface area contributed by atoms with E-state index in [-0.39, 0.29) is 5.91 Å². The van der Waals surface area contributed by atoms with Gasteiger partial charge in [-0.2, -0.15) is 5.10 Å². The van der Waals surface area contributed by atoms with E-state index in [1.54, 1.807) is 29.8 Å². The van der Waals surface area contributed by atoms with Gasteiger partial charge in [0, 0.05) is 32.7 Å². The minimum atomic E-state index is -0.0670. The molecule has 1 aromatic heterocycles. The number of amides is 1. The summed E-state index contributed by atoms with van der Waals surface area (Å²) >= 11 is 0. The van der Waals surface area contributed by atoms with Crippen molar-refractivity contribution in [3.05, 3.63) is 11.8 Å². The number of aryl methyl sites for hydroxylation is 1. The van der Waals surface area contributed by atoms with Crippen LogP contribution in [0.2, 0.25) is 0 Å². The van der Waals surface area contributed by atoms with Crippen molar-refractivity contribution in [3.63, 3.8) is 0 Å². The fraction of sp³-hybridized carbons (Fsp3) is 0.667. The molecular formula is C12H20N4O2. The van der Waals surface area contributed by atoms with E-state index in [9.17, 15) is 4.79 Å². The molecule has 1 aromatic rings. The van der Waals surface area contributed by atoms with Gasteiger partial charge in [-0.3, -0.25) is 4.79 Å². The molecule has 1 N–H and O–H groups in total. The predicted molar refractivity (Wildman–Crippen MR) is 67.7 cm³/mol. The number of carbonyl (C=O) groups is 1. The monoisotopic (exact) mass is 252 g/mol. The zero-order chi connectivity index (χ0) is 13.1. The molecule has 1 unspecified atom stereocenters. The van der Waals surface area contributed by atoms with Crippen molar-refractivity contribution in [3.8, 4) is 5.88 Å². The molecule has 0 radical (unpaired) electrons. The summed E-state index contributed by atoms with van der Waals surface area (Å²) in [7, 11) is 5.13. The lowest BCUT2D eigenvalue weighted by Gasteiger charge is -2.20. The van der Waals surface area contributed by atoms with Crippen LogP contribution in [0, 0.1) is 0 Å². The Bertz CT molecular complexity index is 424. The molecule has 2 heterocycles. The van der Waals surface area contributed by atoms with Crippen molar-refractivity contribution in [1.29, 1.82) is 0 Å². The Morgan fingerprint density at radius 1 is 1.72 bits per heavy atom. The van der Waals surface area contributed by atoms with E-state index in [1.807, 2.05) is 7.05 Å². The second kappa shape index (κ2) is 5.39.